The predicted molar refractivity (Wildman–Crippen MR) is 202 cm³/mol. The van der Waals surface area contributed by atoms with Gasteiger partial charge >= 0.3 is 0 Å². The first-order valence-corrected chi connectivity index (χ1v) is 17.6. The lowest BCUT2D eigenvalue weighted by Gasteiger charge is -2.25. The van der Waals surface area contributed by atoms with Gasteiger partial charge in [0.15, 0.2) is 5.58 Å². The van der Waals surface area contributed by atoms with Gasteiger partial charge < -0.3 is 4.42 Å². The predicted octanol–water partition coefficient (Wildman–Crippen LogP) is 12.5. The molecule has 7 aromatic rings. The summed E-state index contributed by atoms with van der Waals surface area (Å²) in [6, 6.07) is 36.4. The molecule has 3 heteroatoms. The lowest BCUT2D eigenvalue weighted by Crippen LogP contribution is -2.17. The lowest BCUT2D eigenvalue weighted by atomic mass is 9.78. The zero-order valence-corrected chi connectivity index (χ0v) is 29.5. The molecule has 50 heavy (non-hydrogen) atoms. The number of fused-ring (bicyclic) bond motifs is 10. The summed E-state index contributed by atoms with van der Waals surface area (Å²) >= 11 is 0. The number of rotatable bonds is 2. The molecule has 0 atom stereocenters. The van der Waals surface area contributed by atoms with E-state index in [1.165, 1.54) is 72.3 Å². The first-order chi connectivity index (χ1) is 23.8. The molecule has 244 valence electrons. The molecule has 0 amide bonds. The van der Waals surface area contributed by atoms with Crippen LogP contribution in [-0.2, 0) is 16.2 Å². The summed E-state index contributed by atoms with van der Waals surface area (Å²) in [6.45, 7) is 16.2. The molecule has 1 aromatic heterocycles. The Bertz CT molecular complexity index is 2630. The molecule has 0 N–H and O–H groups in total. The Hall–Kier alpha value is -5.28. The molecule has 10 rings (SSSR count). The maximum atomic E-state index is 13.7. The Kier molecular flexibility index (Phi) is 5.62. The summed E-state index contributed by atoms with van der Waals surface area (Å²) in [6.07, 6.45) is 0. The van der Waals surface area contributed by atoms with E-state index in [2.05, 4.69) is 121 Å². The molecule has 0 aliphatic heterocycles. The molecule has 3 aliphatic rings. The minimum Gasteiger partial charge on any atom is -0.436 e. The van der Waals surface area contributed by atoms with Crippen LogP contribution in [0.15, 0.2) is 108 Å². The third kappa shape index (κ3) is 3.81. The normalized spacial score (nSPS) is 16.5. The Balaban J connectivity index is 1.08. The third-order valence-corrected chi connectivity index (χ3v) is 12.2. The molecule has 0 bridgehead atoms. The van der Waals surface area contributed by atoms with Crippen molar-refractivity contribution in [3.63, 3.8) is 0 Å². The minimum absolute atomic E-state index is 0.154. The standard InChI is InChI=1S/C47H38FNO/c1-25-8-17-43-42(18-25)49-44(50-43)28-12-16-31-33-22-41-35(24-39(33)46(4,5)37(31)20-28)34-23-38-32(21-40(34)47(41,6)7)30-15-11-27(19-36(30)45(38,2)3)26-9-13-29(48)14-10-26/h8-24H,1-7H3. The number of oxazole rings is 1. The molecule has 3 aliphatic carbocycles. The number of benzene rings is 6. The molecule has 6 aromatic carbocycles. The second-order valence-corrected chi connectivity index (χ2v) is 16.3. The van der Waals surface area contributed by atoms with E-state index in [1.54, 1.807) is 12.1 Å². The van der Waals surface area contributed by atoms with Gasteiger partial charge in [-0.1, -0.05) is 77.9 Å². The average molecular weight is 652 g/mol. The Labute approximate surface area is 292 Å². The van der Waals surface area contributed by atoms with Crippen LogP contribution in [0, 0.1) is 12.7 Å². The second-order valence-electron chi connectivity index (χ2n) is 16.3. The largest absolute Gasteiger partial charge is 0.436 e. The van der Waals surface area contributed by atoms with Crippen molar-refractivity contribution in [2.24, 2.45) is 0 Å². The summed E-state index contributed by atoms with van der Waals surface area (Å²) < 4.78 is 19.9. The summed E-state index contributed by atoms with van der Waals surface area (Å²) in [4.78, 5) is 4.86. The number of nitrogens with zero attached hydrogens (tertiary/aromatic N) is 1. The van der Waals surface area contributed by atoms with E-state index < -0.39 is 0 Å². The van der Waals surface area contributed by atoms with Gasteiger partial charge in [0, 0.05) is 21.8 Å². The SMILES string of the molecule is Cc1ccc2oc(-c3ccc4c(c3)C(C)(C)c3cc5c(cc3-4)C(C)(C)c3cc4c(cc3-5)C(C)(C)c3cc(-c5ccc(F)cc5)ccc3-4)nc2c1. The van der Waals surface area contributed by atoms with Crippen molar-refractivity contribution in [3.05, 3.63) is 148 Å². The second kappa shape index (κ2) is 9.48. The molecule has 0 radical (unpaired) electrons. The molecule has 2 nitrogen and oxygen atoms in total. The molecule has 1 heterocycles. The first kappa shape index (κ1) is 29.6. The molecule has 0 saturated heterocycles. The quantitative estimate of drug-likeness (QED) is 0.186. The fourth-order valence-corrected chi connectivity index (χ4v) is 9.30. The van der Waals surface area contributed by atoms with Crippen LogP contribution >= 0.6 is 0 Å². The van der Waals surface area contributed by atoms with Crippen molar-refractivity contribution in [2.45, 2.75) is 64.7 Å². The number of hydrogen-bond acceptors (Lipinski definition) is 2. The van der Waals surface area contributed by atoms with E-state index in [4.69, 9.17) is 9.40 Å². The summed E-state index contributed by atoms with van der Waals surface area (Å²) in [5.41, 5.74) is 21.6. The Morgan fingerprint density at radius 1 is 0.460 bits per heavy atom. The number of hydrogen-bond donors (Lipinski definition) is 0. The van der Waals surface area contributed by atoms with Crippen LogP contribution in [0.3, 0.4) is 0 Å². The van der Waals surface area contributed by atoms with Crippen LogP contribution in [0.5, 0.6) is 0 Å². The van der Waals surface area contributed by atoms with Crippen LogP contribution in [0.4, 0.5) is 4.39 Å². The van der Waals surface area contributed by atoms with Gasteiger partial charge in [0.1, 0.15) is 11.3 Å². The van der Waals surface area contributed by atoms with Crippen molar-refractivity contribution in [2.75, 3.05) is 0 Å². The Morgan fingerprint density at radius 3 is 1.44 bits per heavy atom. The van der Waals surface area contributed by atoms with Gasteiger partial charge in [-0.25, -0.2) is 9.37 Å². The van der Waals surface area contributed by atoms with Crippen molar-refractivity contribution < 1.29 is 8.81 Å². The maximum Gasteiger partial charge on any atom is 0.227 e. The molecular formula is C47H38FNO. The van der Waals surface area contributed by atoms with Crippen LogP contribution in [0.2, 0.25) is 0 Å². The monoisotopic (exact) mass is 651 g/mol. The van der Waals surface area contributed by atoms with E-state index in [0.29, 0.717) is 5.89 Å². The highest BCUT2D eigenvalue weighted by Crippen LogP contribution is 2.59. The van der Waals surface area contributed by atoms with Crippen LogP contribution in [-0.4, -0.2) is 4.98 Å². The van der Waals surface area contributed by atoms with Gasteiger partial charge in [-0.3, -0.25) is 0 Å². The highest BCUT2D eigenvalue weighted by atomic mass is 19.1. The number of aryl methyl sites for hydroxylation is 1. The smallest absolute Gasteiger partial charge is 0.227 e. The average Bonchev–Trinajstić information content (AvgIpc) is 3.75. The molecule has 0 fully saturated rings. The minimum atomic E-state index is -0.210. The van der Waals surface area contributed by atoms with Gasteiger partial charge in [-0.15, -0.1) is 0 Å². The van der Waals surface area contributed by atoms with E-state index in [-0.39, 0.29) is 22.1 Å². The zero-order valence-electron chi connectivity index (χ0n) is 29.5. The topological polar surface area (TPSA) is 26.0 Å². The van der Waals surface area contributed by atoms with Gasteiger partial charge in [0.05, 0.1) is 0 Å². The van der Waals surface area contributed by atoms with E-state index in [9.17, 15) is 4.39 Å². The van der Waals surface area contributed by atoms with Crippen LogP contribution in [0.1, 0.15) is 80.5 Å². The number of halogens is 1. The molecular weight excluding hydrogens is 614 g/mol. The highest BCUT2D eigenvalue weighted by Gasteiger charge is 2.44. The number of aromatic nitrogens is 1. The van der Waals surface area contributed by atoms with E-state index in [0.717, 1.165) is 27.8 Å². The van der Waals surface area contributed by atoms with E-state index >= 15 is 0 Å². The van der Waals surface area contributed by atoms with Crippen LogP contribution in [0.25, 0.3) is 67.1 Å². The zero-order chi connectivity index (χ0) is 34.5. The van der Waals surface area contributed by atoms with Gasteiger partial charge in [0.2, 0.25) is 5.89 Å². The summed E-state index contributed by atoms with van der Waals surface area (Å²) in [5.74, 6) is 0.456. The molecule has 0 spiro atoms. The van der Waals surface area contributed by atoms with Gasteiger partial charge in [-0.2, -0.15) is 0 Å². The fraction of sp³-hybridized carbons (Fsp3) is 0.213. The van der Waals surface area contributed by atoms with Gasteiger partial charge in [0.25, 0.3) is 0 Å². The summed E-state index contributed by atoms with van der Waals surface area (Å²) in [7, 11) is 0. The van der Waals surface area contributed by atoms with Crippen LogP contribution < -0.4 is 0 Å². The first-order valence-electron chi connectivity index (χ1n) is 17.6. The van der Waals surface area contributed by atoms with Crippen molar-refractivity contribution in [1.29, 1.82) is 0 Å². The van der Waals surface area contributed by atoms with Crippen molar-refractivity contribution in [3.8, 4) is 56.0 Å². The highest BCUT2D eigenvalue weighted by molar-refractivity contribution is 5.94. The summed E-state index contributed by atoms with van der Waals surface area (Å²) in [5, 5.41) is 0. The van der Waals surface area contributed by atoms with Crippen molar-refractivity contribution in [1.82, 2.24) is 4.98 Å². The molecule has 0 saturated carbocycles. The van der Waals surface area contributed by atoms with Crippen molar-refractivity contribution >= 4 is 11.1 Å². The lowest BCUT2D eigenvalue weighted by molar-refractivity contribution is 0.618. The molecule has 0 unspecified atom stereocenters. The third-order valence-electron chi connectivity index (χ3n) is 12.2. The Morgan fingerprint density at radius 2 is 0.900 bits per heavy atom. The van der Waals surface area contributed by atoms with Gasteiger partial charge in [-0.05, 0) is 157 Å². The maximum absolute atomic E-state index is 13.7. The fourth-order valence-electron chi connectivity index (χ4n) is 9.30. The van der Waals surface area contributed by atoms with E-state index in [1.807, 2.05) is 18.2 Å².